The summed E-state index contributed by atoms with van der Waals surface area (Å²) in [5.41, 5.74) is 3.12. The molecule has 4 heterocycles. The molecule has 0 radical (unpaired) electrons. The SMILES string of the molecule is C[C@@H](Nc1ncc2c(-c3ccc4ncc(C(=O)NCC(F)F)n4c3)c[nH]c2n1)C1CC1. The van der Waals surface area contributed by atoms with E-state index in [-0.39, 0.29) is 5.69 Å². The summed E-state index contributed by atoms with van der Waals surface area (Å²) < 4.78 is 26.5. The van der Waals surface area contributed by atoms with Crippen LogP contribution in [-0.2, 0) is 0 Å². The van der Waals surface area contributed by atoms with Crippen LogP contribution in [0.25, 0.3) is 27.8 Å². The van der Waals surface area contributed by atoms with Crippen LogP contribution in [0.2, 0.25) is 0 Å². The minimum atomic E-state index is -2.61. The number of rotatable bonds is 7. The largest absolute Gasteiger partial charge is 0.351 e. The number of amides is 1. The second kappa shape index (κ2) is 7.60. The van der Waals surface area contributed by atoms with Gasteiger partial charge in [-0.2, -0.15) is 4.98 Å². The summed E-state index contributed by atoms with van der Waals surface area (Å²) in [6.45, 7) is 1.43. The molecule has 0 aromatic carbocycles. The number of pyridine rings is 1. The number of alkyl halides is 2. The molecule has 8 nitrogen and oxygen atoms in total. The number of aromatic nitrogens is 5. The first-order chi connectivity index (χ1) is 15.0. The Hall–Kier alpha value is -3.56. The van der Waals surface area contributed by atoms with E-state index in [0.29, 0.717) is 29.2 Å². The Bertz CT molecular complexity index is 1260. The highest BCUT2D eigenvalue weighted by Crippen LogP contribution is 2.34. The summed E-state index contributed by atoms with van der Waals surface area (Å²) >= 11 is 0. The van der Waals surface area contributed by atoms with Crippen molar-refractivity contribution in [3.8, 4) is 11.1 Å². The van der Waals surface area contributed by atoms with Crippen molar-refractivity contribution in [2.45, 2.75) is 32.2 Å². The predicted molar refractivity (Wildman–Crippen MR) is 112 cm³/mol. The molecule has 1 amide bonds. The maximum atomic E-state index is 12.4. The number of imidazole rings is 1. The molecule has 0 unspecified atom stereocenters. The van der Waals surface area contributed by atoms with Crippen LogP contribution >= 0.6 is 0 Å². The molecule has 1 aliphatic carbocycles. The number of anilines is 1. The first-order valence-corrected chi connectivity index (χ1v) is 10.1. The molecule has 4 aromatic rings. The van der Waals surface area contributed by atoms with Crippen molar-refractivity contribution in [1.82, 2.24) is 29.7 Å². The number of carbonyl (C=O) groups is 1. The second-order valence-electron chi connectivity index (χ2n) is 7.82. The van der Waals surface area contributed by atoms with Gasteiger partial charge in [-0.25, -0.2) is 18.7 Å². The van der Waals surface area contributed by atoms with E-state index in [0.717, 1.165) is 16.5 Å². The number of halogens is 2. The van der Waals surface area contributed by atoms with E-state index < -0.39 is 18.9 Å². The molecule has 0 spiro atoms. The molecular formula is C21H21F2N7O. The van der Waals surface area contributed by atoms with Crippen molar-refractivity contribution in [2.24, 2.45) is 5.92 Å². The highest BCUT2D eigenvalue weighted by atomic mass is 19.3. The lowest BCUT2D eigenvalue weighted by atomic mass is 10.1. The van der Waals surface area contributed by atoms with E-state index in [2.05, 4.69) is 37.5 Å². The molecule has 3 N–H and O–H groups in total. The van der Waals surface area contributed by atoms with Gasteiger partial charge in [0.25, 0.3) is 12.3 Å². The summed E-state index contributed by atoms with van der Waals surface area (Å²) in [5, 5.41) is 6.41. The van der Waals surface area contributed by atoms with Crippen LogP contribution in [0.4, 0.5) is 14.7 Å². The van der Waals surface area contributed by atoms with Gasteiger partial charge in [-0.1, -0.05) is 0 Å². The summed E-state index contributed by atoms with van der Waals surface area (Å²) in [4.78, 5) is 28.7. The van der Waals surface area contributed by atoms with E-state index in [9.17, 15) is 13.6 Å². The Morgan fingerprint density at radius 3 is 2.90 bits per heavy atom. The average Bonchev–Trinajstić information content (AvgIpc) is 3.40. The molecule has 0 aliphatic heterocycles. The van der Waals surface area contributed by atoms with Gasteiger partial charge in [0.2, 0.25) is 5.95 Å². The number of fused-ring (bicyclic) bond motifs is 2. The van der Waals surface area contributed by atoms with Gasteiger partial charge < -0.3 is 15.6 Å². The van der Waals surface area contributed by atoms with Crippen LogP contribution in [-0.4, -0.2) is 49.3 Å². The maximum absolute atomic E-state index is 12.4. The van der Waals surface area contributed by atoms with Gasteiger partial charge in [0.05, 0.1) is 12.7 Å². The van der Waals surface area contributed by atoms with E-state index >= 15 is 0 Å². The molecule has 5 rings (SSSR count). The minimum Gasteiger partial charge on any atom is -0.351 e. The molecular weight excluding hydrogens is 404 g/mol. The van der Waals surface area contributed by atoms with Crippen molar-refractivity contribution in [3.05, 3.63) is 42.6 Å². The molecule has 1 fully saturated rings. The van der Waals surface area contributed by atoms with Crippen molar-refractivity contribution < 1.29 is 13.6 Å². The zero-order valence-electron chi connectivity index (χ0n) is 16.8. The quantitative estimate of drug-likeness (QED) is 0.421. The van der Waals surface area contributed by atoms with E-state index in [1.165, 1.54) is 19.0 Å². The summed E-state index contributed by atoms with van der Waals surface area (Å²) in [5.74, 6) is 0.670. The minimum absolute atomic E-state index is 0.189. The summed E-state index contributed by atoms with van der Waals surface area (Å²) in [6.07, 6.45) is 6.59. The number of carbonyl (C=O) groups excluding carboxylic acids is 1. The fourth-order valence-corrected chi connectivity index (χ4v) is 3.70. The van der Waals surface area contributed by atoms with Crippen molar-refractivity contribution >= 4 is 28.5 Å². The molecule has 0 bridgehead atoms. The van der Waals surface area contributed by atoms with Crippen LogP contribution in [0.15, 0.2) is 36.9 Å². The van der Waals surface area contributed by atoms with Crippen molar-refractivity contribution in [3.63, 3.8) is 0 Å². The number of aromatic amines is 1. The number of hydrogen-bond donors (Lipinski definition) is 3. The molecule has 0 saturated heterocycles. The topological polar surface area (TPSA) is 100 Å². The Morgan fingerprint density at radius 2 is 2.13 bits per heavy atom. The lowest BCUT2D eigenvalue weighted by Crippen LogP contribution is -2.29. The van der Waals surface area contributed by atoms with Crippen molar-refractivity contribution in [1.29, 1.82) is 0 Å². The Labute approximate surface area is 176 Å². The molecule has 1 atom stereocenters. The Balaban J connectivity index is 1.45. The maximum Gasteiger partial charge on any atom is 0.270 e. The fraction of sp³-hybridized carbons (Fsp3) is 0.333. The summed E-state index contributed by atoms with van der Waals surface area (Å²) in [7, 11) is 0. The number of hydrogen-bond acceptors (Lipinski definition) is 5. The third kappa shape index (κ3) is 3.80. The standard InChI is InChI=1S/C21H21F2N7O/c1-11(12-2-3-12)28-21-27-7-15-14(6-25-19(15)29-21)13-4-5-18-24-8-16(30(18)10-13)20(31)26-9-17(22)23/h4-8,10-12,17H,2-3,9H2,1H3,(H,26,31)(H2,25,27,28,29)/t11-/m1/s1. The molecule has 10 heteroatoms. The average molecular weight is 425 g/mol. The van der Waals surface area contributed by atoms with E-state index in [4.69, 9.17) is 0 Å². The van der Waals surface area contributed by atoms with Gasteiger partial charge in [-0.15, -0.1) is 0 Å². The first kappa shape index (κ1) is 19.4. The molecule has 1 saturated carbocycles. The normalized spacial score (nSPS) is 15.0. The highest BCUT2D eigenvalue weighted by molar-refractivity contribution is 5.95. The van der Waals surface area contributed by atoms with Crippen LogP contribution in [0.3, 0.4) is 0 Å². The van der Waals surface area contributed by atoms with Gasteiger partial charge >= 0.3 is 0 Å². The third-order valence-corrected chi connectivity index (χ3v) is 5.58. The smallest absolute Gasteiger partial charge is 0.270 e. The van der Waals surface area contributed by atoms with Gasteiger partial charge in [-0.3, -0.25) is 9.20 Å². The molecule has 4 aromatic heterocycles. The zero-order valence-corrected chi connectivity index (χ0v) is 16.8. The Kier molecular flexibility index (Phi) is 4.76. The van der Waals surface area contributed by atoms with Crippen LogP contribution in [0.5, 0.6) is 0 Å². The zero-order chi connectivity index (χ0) is 21.5. The second-order valence-corrected chi connectivity index (χ2v) is 7.82. The van der Waals surface area contributed by atoms with Crippen LogP contribution < -0.4 is 10.6 Å². The molecule has 1 aliphatic rings. The molecule has 160 valence electrons. The number of nitrogens with zero attached hydrogens (tertiary/aromatic N) is 4. The fourth-order valence-electron chi connectivity index (χ4n) is 3.70. The number of H-pyrrole nitrogens is 1. The van der Waals surface area contributed by atoms with Gasteiger partial charge in [0.1, 0.15) is 17.0 Å². The molecule has 31 heavy (non-hydrogen) atoms. The van der Waals surface area contributed by atoms with Crippen LogP contribution in [0, 0.1) is 5.92 Å². The lowest BCUT2D eigenvalue weighted by Gasteiger charge is -2.12. The van der Waals surface area contributed by atoms with Crippen molar-refractivity contribution in [2.75, 3.05) is 11.9 Å². The van der Waals surface area contributed by atoms with E-state index in [1.54, 1.807) is 22.9 Å². The monoisotopic (exact) mass is 425 g/mol. The van der Waals surface area contributed by atoms with E-state index in [1.807, 2.05) is 12.3 Å². The third-order valence-electron chi connectivity index (χ3n) is 5.58. The lowest BCUT2D eigenvalue weighted by molar-refractivity contribution is 0.0886. The van der Waals surface area contributed by atoms with Gasteiger partial charge in [0.15, 0.2) is 0 Å². The number of nitrogens with one attached hydrogen (secondary N) is 3. The Morgan fingerprint density at radius 1 is 1.29 bits per heavy atom. The van der Waals surface area contributed by atoms with Gasteiger partial charge in [-0.05, 0) is 37.8 Å². The van der Waals surface area contributed by atoms with Crippen LogP contribution in [0.1, 0.15) is 30.3 Å². The highest BCUT2D eigenvalue weighted by Gasteiger charge is 2.28. The first-order valence-electron chi connectivity index (χ1n) is 10.1. The predicted octanol–water partition coefficient (Wildman–Crippen LogP) is 3.48. The van der Waals surface area contributed by atoms with Gasteiger partial charge in [0, 0.05) is 41.1 Å². The summed E-state index contributed by atoms with van der Waals surface area (Å²) in [6, 6.07) is 3.99.